The molecular weight excluding hydrogens is 469 g/mol. The maximum absolute atomic E-state index is 13.0. The molecule has 3 rings (SSSR count). The van der Waals surface area contributed by atoms with Crippen molar-refractivity contribution in [2.24, 2.45) is 7.05 Å². The number of nitrogens with zero attached hydrogens (tertiary/aromatic N) is 4. The molecule has 0 aliphatic heterocycles. The molecule has 32 heavy (non-hydrogen) atoms. The summed E-state index contributed by atoms with van der Waals surface area (Å²) in [7, 11) is 1.74. The molecule has 0 saturated heterocycles. The lowest BCUT2D eigenvalue weighted by Crippen LogP contribution is -2.27. The topological polar surface area (TPSA) is 102 Å². The summed E-state index contributed by atoms with van der Waals surface area (Å²) in [4.78, 5) is 33.1. The van der Waals surface area contributed by atoms with E-state index in [1.54, 1.807) is 32.5 Å². The number of carbonyl (C=O) groups is 2. The van der Waals surface area contributed by atoms with E-state index in [2.05, 4.69) is 25.7 Å². The van der Waals surface area contributed by atoms with E-state index < -0.39 is 28.7 Å². The van der Waals surface area contributed by atoms with Gasteiger partial charge in [0.05, 0.1) is 34.1 Å². The Morgan fingerprint density at radius 1 is 1.19 bits per heavy atom. The lowest BCUT2D eigenvalue weighted by molar-refractivity contribution is -0.137. The predicted molar refractivity (Wildman–Crippen MR) is 113 cm³/mol. The maximum atomic E-state index is 13.0. The molecule has 8 nitrogen and oxygen atoms in total. The van der Waals surface area contributed by atoms with Crippen molar-refractivity contribution >= 4 is 40.6 Å². The highest BCUT2D eigenvalue weighted by molar-refractivity contribution is 7.13. The van der Waals surface area contributed by atoms with Crippen molar-refractivity contribution in [1.82, 2.24) is 25.1 Å². The van der Waals surface area contributed by atoms with Gasteiger partial charge in [0, 0.05) is 18.9 Å². The molecule has 0 saturated carbocycles. The van der Waals surface area contributed by atoms with Crippen molar-refractivity contribution in [3.05, 3.63) is 55.9 Å². The molecule has 0 fully saturated rings. The Hall–Kier alpha value is -2.99. The number of hydrogen-bond acceptors (Lipinski definition) is 6. The first-order chi connectivity index (χ1) is 14.9. The molecule has 0 bridgehead atoms. The highest BCUT2D eigenvalue weighted by Gasteiger charge is 2.34. The van der Waals surface area contributed by atoms with E-state index in [0.29, 0.717) is 28.0 Å². The lowest BCUT2D eigenvalue weighted by Gasteiger charge is -2.11. The van der Waals surface area contributed by atoms with Gasteiger partial charge in [-0.05, 0) is 26.8 Å². The van der Waals surface area contributed by atoms with Crippen LogP contribution in [0.25, 0.3) is 0 Å². The van der Waals surface area contributed by atoms with E-state index in [9.17, 15) is 22.8 Å². The van der Waals surface area contributed by atoms with Crippen molar-refractivity contribution in [2.75, 3.05) is 5.32 Å². The third-order valence-electron chi connectivity index (χ3n) is 4.60. The number of rotatable bonds is 5. The Balaban J connectivity index is 1.71. The van der Waals surface area contributed by atoms with E-state index >= 15 is 0 Å². The van der Waals surface area contributed by atoms with Gasteiger partial charge in [-0.25, -0.2) is 9.97 Å². The SMILES string of the molecule is Cc1nn(C)c(C)c1C(=O)N[C@H](C)c1ncc(C(=O)Nc2cc(C(F)(F)F)c(Cl)cn2)s1. The molecule has 170 valence electrons. The van der Waals surface area contributed by atoms with Crippen LogP contribution < -0.4 is 10.6 Å². The van der Waals surface area contributed by atoms with E-state index in [0.717, 1.165) is 17.5 Å². The minimum absolute atomic E-state index is 0.139. The van der Waals surface area contributed by atoms with Crippen LogP contribution in [0.4, 0.5) is 19.0 Å². The highest BCUT2D eigenvalue weighted by Crippen LogP contribution is 2.35. The number of alkyl halides is 3. The van der Waals surface area contributed by atoms with Crippen molar-refractivity contribution in [2.45, 2.75) is 33.0 Å². The van der Waals surface area contributed by atoms with E-state index in [1.807, 2.05) is 0 Å². The zero-order valence-electron chi connectivity index (χ0n) is 17.3. The molecule has 3 heterocycles. The summed E-state index contributed by atoms with van der Waals surface area (Å²) in [5.74, 6) is -1.31. The third-order valence-corrected chi connectivity index (χ3v) is 6.08. The maximum Gasteiger partial charge on any atom is 0.418 e. The van der Waals surface area contributed by atoms with E-state index in [-0.39, 0.29) is 16.6 Å². The monoisotopic (exact) mass is 486 g/mol. The predicted octanol–water partition coefficient (Wildman–Crippen LogP) is 4.30. The fraction of sp³-hybridized carbons (Fsp3) is 0.316. The molecular formula is C19H18ClF3N6O2S. The molecule has 13 heteroatoms. The van der Waals surface area contributed by atoms with Crippen LogP contribution in [0.5, 0.6) is 0 Å². The van der Waals surface area contributed by atoms with Gasteiger partial charge in [-0.1, -0.05) is 11.6 Å². The minimum atomic E-state index is -4.68. The average Bonchev–Trinajstić information content (AvgIpc) is 3.27. The van der Waals surface area contributed by atoms with Gasteiger partial charge in [-0.15, -0.1) is 11.3 Å². The second-order valence-corrected chi connectivity index (χ2v) is 8.40. The van der Waals surface area contributed by atoms with Gasteiger partial charge in [0.15, 0.2) is 0 Å². The van der Waals surface area contributed by atoms with Gasteiger partial charge < -0.3 is 10.6 Å². The lowest BCUT2D eigenvalue weighted by atomic mass is 10.1. The number of carbonyl (C=O) groups excluding carboxylic acids is 2. The van der Waals surface area contributed by atoms with Crippen LogP contribution in [0.1, 0.15) is 55.0 Å². The molecule has 2 amide bonds. The molecule has 0 spiro atoms. The van der Waals surface area contributed by atoms with Crippen LogP contribution in [-0.4, -0.2) is 31.6 Å². The fourth-order valence-electron chi connectivity index (χ4n) is 2.93. The highest BCUT2D eigenvalue weighted by atomic mass is 35.5. The van der Waals surface area contributed by atoms with E-state index in [4.69, 9.17) is 11.6 Å². The normalized spacial score (nSPS) is 12.5. The number of anilines is 1. The summed E-state index contributed by atoms with van der Waals surface area (Å²) >= 11 is 6.53. The molecule has 0 aliphatic rings. The second kappa shape index (κ2) is 8.87. The zero-order valence-corrected chi connectivity index (χ0v) is 18.9. The molecule has 0 unspecified atom stereocenters. The van der Waals surface area contributed by atoms with Crippen LogP contribution in [0.2, 0.25) is 5.02 Å². The van der Waals surface area contributed by atoms with Gasteiger partial charge in [0.25, 0.3) is 11.8 Å². The molecule has 3 aromatic rings. The Morgan fingerprint density at radius 3 is 2.47 bits per heavy atom. The first-order valence-electron chi connectivity index (χ1n) is 9.19. The van der Waals surface area contributed by atoms with E-state index in [1.165, 1.54) is 6.20 Å². The van der Waals surface area contributed by atoms with Crippen molar-refractivity contribution in [3.8, 4) is 0 Å². The smallest absolute Gasteiger partial charge is 0.343 e. The minimum Gasteiger partial charge on any atom is -0.343 e. The molecule has 1 atom stereocenters. The third kappa shape index (κ3) is 4.91. The molecule has 2 N–H and O–H groups in total. The Morgan fingerprint density at radius 2 is 1.88 bits per heavy atom. The van der Waals surface area contributed by atoms with Crippen LogP contribution >= 0.6 is 22.9 Å². The van der Waals surface area contributed by atoms with Crippen molar-refractivity contribution in [1.29, 1.82) is 0 Å². The summed E-state index contributed by atoms with van der Waals surface area (Å²) < 4.78 is 40.6. The van der Waals surface area contributed by atoms with Gasteiger partial charge in [-0.3, -0.25) is 14.3 Å². The average molecular weight is 487 g/mol. The quantitative estimate of drug-likeness (QED) is 0.559. The molecule has 0 radical (unpaired) electrons. The number of nitrogens with one attached hydrogen (secondary N) is 2. The second-order valence-electron chi connectivity index (χ2n) is 6.93. The van der Waals surface area contributed by atoms with Gasteiger partial charge >= 0.3 is 6.18 Å². The number of aromatic nitrogens is 4. The summed E-state index contributed by atoms with van der Waals surface area (Å²) in [5.41, 5.74) is 0.651. The largest absolute Gasteiger partial charge is 0.418 e. The number of halogens is 4. The van der Waals surface area contributed by atoms with Crippen LogP contribution in [0.3, 0.4) is 0 Å². The summed E-state index contributed by atoms with van der Waals surface area (Å²) in [5, 5.41) is 9.20. The number of amides is 2. The molecule has 0 aromatic carbocycles. The Labute approximate surface area is 189 Å². The Bertz CT molecular complexity index is 1190. The van der Waals surface area contributed by atoms with Crippen molar-refractivity contribution < 1.29 is 22.8 Å². The van der Waals surface area contributed by atoms with Gasteiger partial charge in [0.1, 0.15) is 15.7 Å². The van der Waals surface area contributed by atoms with Gasteiger partial charge in [0.2, 0.25) is 0 Å². The molecule has 0 aliphatic carbocycles. The first kappa shape index (κ1) is 23.7. The van der Waals surface area contributed by atoms with Crippen LogP contribution in [0, 0.1) is 13.8 Å². The standard InChI is InChI=1S/C19H18ClF3N6O2S/c1-8-15(10(3)29(4)28-8)17(31)26-9(2)18-25-7-13(32-18)16(30)27-14-5-11(19(21,22)23)12(20)6-24-14/h5-7,9H,1-4H3,(H,26,31)(H,24,27,30)/t9-/m1/s1. The summed E-state index contributed by atoms with van der Waals surface area (Å²) in [6.07, 6.45) is -2.59. The fourth-order valence-corrected chi connectivity index (χ4v) is 3.95. The number of thiazole rings is 1. The molecule has 3 aromatic heterocycles. The van der Waals surface area contributed by atoms with Crippen LogP contribution in [-0.2, 0) is 13.2 Å². The van der Waals surface area contributed by atoms with Crippen LogP contribution in [0.15, 0.2) is 18.5 Å². The van der Waals surface area contributed by atoms with Gasteiger partial charge in [-0.2, -0.15) is 18.3 Å². The number of aryl methyl sites for hydroxylation is 2. The number of hydrogen-bond donors (Lipinski definition) is 2. The van der Waals surface area contributed by atoms with Crippen molar-refractivity contribution in [3.63, 3.8) is 0 Å². The number of pyridine rings is 1. The summed E-state index contributed by atoms with van der Waals surface area (Å²) in [6, 6.07) is 0.141. The first-order valence-corrected chi connectivity index (χ1v) is 10.4. The Kier molecular flexibility index (Phi) is 6.56. The summed E-state index contributed by atoms with van der Waals surface area (Å²) in [6.45, 7) is 5.21. The zero-order chi connectivity index (χ0) is 23.8.